The maximum atomic E-state index is 12.1. The van der Waals surface area contributed by atoms with Gasteiger partial charge in [-0.2, -0.15) is 5.10 Å². The fraction of sp³-hybridized carbons (Fsp3) is 0.167. The largest absolute Gasteiger partial charge is 0.457 e. The number of hydrogen-bond acceptors (Lipinski definition) is 4. The van der Waals surface area contributed by atoms with Gasteiger partial charge in [0.25, 0.3) is 0 Å². The third kappa shape index (κ3) is 4.67. The van der Waals surface area contributed by atoms with E-state index in [2.05, 4.69) is 15.5 Å². The number of fused-ring (bicyclic) bond motifs is 1. The molecule has 3 N–H and O–H groups in total. The fourth-order valence-corrected chi connectivity index (χ4v) is 3.22. The van der Waals surface area contributed by atoms with Crippen molar-refractivity contribution in [3.05, 3.63) is 72.8 Å². The highest BCUT2D eigenvalue weighted by molar-refractivity contribution is 5.98. The molecule has 0 spiro atoms. The molecule has 0 atom stereocenters. The van der Waals surface area contributed by atoms with Gasteiger partial charge in [-0.05, 0) is 68.4 Å². The molecular weight excluding hydrogens is 378 g/mol. The summed E-state index contributed by atoms with van der Waals surface area (Å²) in [5.41, 5.74) is 2.19. The van der Waals surface area contributed by atoms with Crippen LogP contribution >= 0.6 is 0 Å². The molecule has 0 saturated carbocycles. The van der Waals surface area contributed by atoms with Crippen molar-refractivity contribution in [3.8, 4) is 22.8 Å². The zero-order valence-electron chi connectivity index (χ0n) is 16.8. The van der Waals surface area contributed by atoms with Gasteiger partial charge in [0.15, 0.2) is 0 Å². The molecular formula is C24H23N3O3. The summed E-state index contributed by atoms with van der Waals surface area (Å²) < 4.78 is 5.84. The van der Waals surface area contributed by atoms with Crippen LogP contribution in [-0.4, -0.2) is 26.8 Å². The highest BCUT2D eigenvalue weighted by Crippen LogP contribution is 2.30. The number of benzene rings is 3. The number of aromatic nitrogens is 2. The Morgan fingerprint density at radius 2 is 1.73 bits per heavy atom. The van der Waals surface area contributed by atoms with Gasteiger partial charge in [0.2, 0.25) is 5.91 Å². The Bertz CT molecular complexity index is 1160. The number of anilines is 1. The third-order valence-corrected chi connectivity index (χ3v) is 4.55. The number of rotatable bonds is 6. The average Bonchev–Trinajstić information content (AvgIpc) is 3.11. The van der Waals surface area contributed by atoms with Gasteiger partial charge in [0.05, 0.1) is 23.2 Å². The Kier molecular flexibility index (Phi) is 5.25. The summed E-state index contributed by atoms with van der Waals surface area (Å²) in [5.74, 6) is 1.28. The number of amides is 1. The van der Waals surface area contributed by atoms with Gasteiger partial charge in [0, 0.05) is 16.6 Å². The van der Waals surface area contributed by atoms with Gasteiger partial charge in [-0.1, -0.05) is 18.2 Å². The number of aliphatic hydroxyl groups is 1. The Morgan fingerprint density at radius 3 is 2.43 bits per heavy atom. The molecule has 6 heteroatoms. The molecule has 30 heavy (non-hydrogen) atoms. The Morgan fingerprint density at radius 1 is 1.03 bits per heavy atom. The molecule has 0 aliphatic heterocycles. The minimum Gasteiger partial charge on any atom is -0.457 e. The zero-order chi connectivity index (χ0) is 21.1. The zero-order valence-corrected chi connectivity index (χ0v) is 16.8. The van der Waals surface area contributed by atoms with E-state index in [1.165, 1.54) is 0 Å². The lowest BCUT2D eigenvalue weighted by molar-refractivity contribution is -0.119. The lowest BCUT2D eigenvalue weighted by Crippen LogP contribution is -2.27. The van der Waals surface area contributed by atoms with Crippen molar-refractivity contribution in [1.82, 2.24) is 10.2 Å². The number of carbonyl (C=O) groups is 1. The summed E-state index contributed by atoms with van der Waals surface area (Å²) in [6, 6.07) is 22.9. The van der Waals surface area contributed by atoms with Crippen LogP contribution in [0.3, 0.4) is 0 Å². The van der Waals surface area contributed by atoms with Gasteiger partial charge in [-0.15, -0.1) is 0 Å². The molecule has 6 nitrogen and oxygen atoms in total. The highest BCUT2D eigenvalue weighted by atomic mass is 16.5. The maximum Gasteiger partial charge on any atom is 0.227 e. The van der Waals surface area contributed by atoms with E-state index < -0.39 is 5.60 Å². The van der Waals surface area contributed by atoms with Crippen LogP contribution in [0.5, 0.6) is 11.5 Å². The number of hydrogen-bond donors (Lipinski definition) is 3. The summed E-state index contributed by atoms with van der Waals surface area (Å²) in [7, 11) is 0. The molecule has 152 valence electrons. The van der Waals surface area contributed by atoms with Crippen molar-refractivity contribution in [2.75, 3.05) is 5.32 Å². The van der Waals surface area contributed by atoms with Crippen molar-refractivity contribution >= 4 is 22.5 Å². The SMILES string of the molecule is CC(C)(O)CC(=O)Nc1ccc2[nH]nc(-c3ccc(Oc4ccccc4)cc3)c2c1. The Hall–Kier alpha value is -3.64. The van der Waals surface area contributed by atoms with E-state index in [1.807, 2.05) is 72.8 Å². The number of ether oxygens (including phenoxy) is 1. The smallest absolute Gasteiger partial charge is 0.227 e. The molecule has 4 rings (SSSR count). The summed E-state index contributed by atoms with van der Waals surface area (Å²) >= 11 is 0. The second kappa shape index (κ2) is 8.00. The molecule has 0 radical (unpaired) electrons. The minimum absolute atomic E-state index is 0.0200. The van der Waals surface area contributed by atoms with Gasteiger partial charge in [-0.3, -0.25) is 9.89 Å². The van der Waals surface area contributed by atoms with E-state index in [4.69, 9.17) is 4.74 Å². The Labute approximate surface area is 174 Å². The van der Waals surface area contributed by atoms with Gasteiger partial charge < -0.3 is 15.2 Å². The molecule has 3 aromatic carbocycles. The molecule has 1 aromatic heterocycles. The van der Waals surface area contributed by atoms with E-state index in [0.717, 1.165) is 33.7 Å². The molecule has 0 bridgehead atoms. The van der Waals surface area contributed by atoms with Crippen LogP contribution in [0.25, 0.3) is 22.2 Å². The molecule has 0 aliphatic carbocycles. The monoisotopic (exact) mass is 401 g/mol. The van der Waals surface area contributed by atoms with Gasteiger partial charge in [-0.25, -0.2) is 0 Å². The topological polar surface area (TPSA) is 87.2 Å². The molecule has 0 saturated heterocycles. The fourth-order valence-electron chi connectivity index (χ4n) is 3.22. The van der Waals surface area contributed by atoms with Crippen LogP contribution in [0, 0.1) is 0 Å². The van der Waals surface area contributed by atoms with E-state index in [1.54, 1.807) is 13.8 Å². The van der Waals surface area contributed by atoms with Crippen molar-refractivity contribution in [1.29, 1.82) is 0 Å². The minimum atomic E-state index is -1.06. The van der Waals surface area contributed by atoms with Gasteiger partial charge >= 0.3 is 0 Å². The van der Waals surface area contributed by atoms with Crippen LogP contribution in [0.1, 0.15) is 20.3 Å². The van der Waals surface area contributed by atoms with Crippen molar-refractivity contribution in [3.63, 3.8) is 0 Å². The second-order valence-corrected chi connectivity index (χ2v) is 7.81. The molecule has 0 aliphatic rings. The highest BCUT2D eigenvalue weighted by Gasteiger charge is 2.18. The lowest BCUT2D eigenvalue weighted by atomic mass is 10.0. The van der Waals surface area contributed by atoms with Crippen LogP contribution in [0.2, 0.25) is 0 Å². The van der Waals surface area contributed by atoms with Gasteiger partial charge in [0.1, 0.15) is 11.5 Å². The average molecular weight is 401 g/mol. The molecule has 1 amide bonds. The quantitative estimate of drug-likeness (QED) is 0.418. The molecule has 4 aromatic rings. The Balaban J connectivity index is 1.56. The first-order valence-electron chi connectivity index (χ1n) is 9.71. The molecule has 0 fully saturated rings. The van der Waals surface area contributed by atoms with Crippen LogP contribution in [0.15, 0.2) is 72.8 Å². The van der Waals surface area contributed by atoms with Crippen molar-refractivity contribution in [2.45, 2.75) is 25.9 Å². The number of nitrogens with zero attached hydrogens (tertiary/aromatic N) is 1. The number of carbonyl (C=O) groups excluding carboxylic acids is 1. The summed E-state index contributed by atoms with van der Waals surface area (Å²) in [6.45, 7) is 3.21. The standard InChI is InChI=1S/C24H23N3O3/c1-24(2,29)15-22(28)25-17-10-13-21-20(14-17)23(27-26-21)16-8-11-19(12-9-16)30-18-6-4-3-5-7-18/h3-14,29H,15H2,1-2H3,(H,25,28)(H,26,27). The van der Waals surface area contributed by atoms with Crippen molar-refractivity contribution in [2.24, 2.45) is 0 Å². The summed E-state index contributed by atoms with van der Waals surface area (Å²) in [4.78, 5) is 12.1. The maximum absolute atomic E-state index is 12.1. The van der Waals surface area contributed by atoms with Crippen molar-refractivity contribution < 1.29 is 14.6 Å². The molecule has 0 unspecified atom stereocenters. The van der Waals surface area contributed by atoms with E-state index >= 15 is 0 Å². The first-order valence-corrected chi connectivity index (χ1v) is 9.71. The number of para-hydroxylation sites is 1. The number of H-pyrrole nitrogens is 1. The summed E-state index contributed by atoms with van der Waals surface area (Å²) in [5, 5.41) is 21.0. The predicted molar refractivity (Wildman–Crippen MR) is 118 cm³/mol. The summed E-state index contributed by atoms with van der Waals surface area (Å²) in [6.07, 6.45) is 0.0200. The van der Waals surface area contributed by atoms with E-state index in [9.17, 15) is 9.90 Å². The second-order valence-electron chi connectivity index (χ2n) is 7.81. The normalized spacial score (nSPS) is 11.4. The first kappa shape index (κ1) is 19.7. The first-order chi connectivity index (χ1) is 14.4. The van der Waals surface area contributed by atoms with Crippen LogP contribution in [-0.2, 0) is 4.79 Å². The van der Waals surface area contributed by atoms with E-state index in [-0.39, 0.29) is 12.3 Å². The van der Waals surface area contributed by atoms with E-state index in [0.29, 0.717) is 5.69 Å². The third-order valence-electron chi connectivity index (χ3n) is 4.55. The van der Waals surface area contributed by atoms with Crippen LogP contribution in [0.4, 0.5) is 5.69 Å². The van der Waals surface area contributed by atoms with Crippen LogP contribution < -0.4 is 10.1 Å². The molecule has 1 heterocycles. The lowest BCUT2D eigenvalue weighted by Gasteiger charge is -2.16. The number of nitrogens with one attached hydrogen (secondary N) is 2. The number of aromatic amines is 1. The predicted octanol–water partition coefficient (Wildman–Crippen LogP) is 5.12.